The molecule has 0 aromatic carbocycles. The third kappa shape index (κ3) is 4.40. The highest BCUT2D eigenvalue weighted by atomic mass is 35.5. The number of methoxy groups -OCH3 is 1. The Hall–Kier alpha value is -0.910. The molecule has 0 unspecified atom stereocenters. The summed E-state index contributed by atoms with van der Waals surface area (Å²) in [5, 5.41) is 11.7. The van der Waals surface area contributed by atoms with Crippen molar-refractivity contribution in [2.75, 3.05) is 45.7 Å². The fourth-order valence-corrected chi connectivity index (χ4v) is 1.65. The van der Waals surface area contributed by atoms with Crippen LogP contribution in [0.15, 0.2) is 0 Å². The quantitative estimate of drug-likeness (QED) is 0.819. The maximum absolute atomic E-state index is 5.90. The summed E-state index contributed by atoms with van der Waals surface area (Å²) in [6.45, 7) is 7.34. The average molecular weight is 273 g/mol. The molecule has 1 aromatic heterocycles. The molecule has 1 aromatic rings. The van der Waals surface area contributed by atoms with Crippen LogP contribution in [0.3, 0.4) is 0 Å². The van der Waals surface area contributed by atoms with Crippen LogP contribution < -0.4 is 5.32 Å². The molecular weight excluding hydrogens is 252 g/mol. The molecule has 6 heteroatoms. The van der Waals surface area contributed by atoms with Gasteiger partial charge in [-0.1, -0.05) is 11.6 Å². The van der Waals surface area contributed by atoms with Crippen molar-refractivity contribution >= 4 is 17.4 Å². The molecule has 0 saturated carbocycles. The summed E-state index contributed by atoms with van der Waals surface area (Å²) in [5.74, 6) is 0.803. The van der Waals surface area contributed by atoms with E-state index in [2.05, 4.69) is 27.5 Å². The number of anilines is 1. The molecule has 102 valence electrons. The molecule has 0 atom stereocenters. The molecule has 0 radical (unpaired) electrons. The molecule has 0 aliphatic rings. The summed E-state index contributed by atoms with van der Waals surface area (Å²) in [4.78, 5) is 2.20. The Morgan fingerprint density at radius 1 is 1.22 bits per heavy atom. The number of nitrogens with zero attached hydrogens (tertiary/aromatic N) is 3. The normalized spacial score (nSPS) is 11.0. The van der Waals surface area contributed by atoms with E-state index < -0.39 is 0 Å². The maximum Gasteiger partial charge on any atom is 0.155 e. The van der Waals surface area contributed by atoms with Gasteiger partial charge in [-0.05, 0) is 32.0 Å². The lowest BCUT2D eigenvalue weighted by atomic mass is 10.2. The third-order valence-corrected chi connectivity index (χ3v) is 3.29. The summed E-state index contributed by atoms with van der Waals surface area (Å²) in [6.07, 6.45) is 0. The van der Waals surface area contributed by atoms with Crippen LogP contribution in [-0.2, 0) is 4.74 Å². The van der Waals surface area contributed by atoms with E-state index in [1.165, 1.54) is 0 Å². The van der Waals surface area contributed by atoms with Crippen molar-refractivity contribution in [1.29, 1.82) is 0 Å². The van der Waals surface area contributed by atoms with Gasteiger partial charge in [0.15, 0.2) is 11.0 Å². The number of aromatic nitrogens is 2. The highest BCUT2D eigenvalue weighted by molar-refractivity contribution is 6.30. The van der Waals surface area contributed by atoms with E-state index in [0.717, 1.165) is 43.2 Å². The van der Waals surface area contributed by atoms with Crippen LogP contribution in [0.25, 0.3) is 0 Å². The number of hydrogen-bond donors (Lipinski definition) is 1. The number of likely N-dealkylation sites (N-methyl/N-ethyl adjacent to an activating group) is 1. The summed E-state index contributed by atoms with van der Waals surface area (Å²) >= 11 is 5.90. The molecule has 0 aliphatic carbocycles. The molecule has 1 heterocycles. The zero-order chi connectivity index (χ0) is 13.5. The van der Waals surface area contributed by atoms with Crippen molar-refractivity contribution in [3.05, 3.63) is 16.3 Å². The first-order chi connectivity index (χ1) is 8.56. The molecule has 0 spiro atoms. The molecule has 18 heavy (non-hydrogen) atoms. The fourth-order valence-electron chi connectivity index (χ4n) is 1.47. The van der Waals surface area contributed by atoms with Crippen molar-refractivity contribution < 1.29 is 4.74 Å². The maximum atomic E-state index is 5.90. The molecule has 0 aliphatic heterocycles. The minimum Gasteiger partial charge on any atom is -0.383 e. The lowest BCUT2D eigenvalue weighted by Gasteiger charge is -2.17. The summed E-state index contributed by atoms with van der Waals surface area (Å²) < 4.78 is 5.03. The van der Waals surface area contributed by atoms with Crippen LogP contribution in [0.5, 0.6) is 0 Å². The average Bonchev–Trinajstić information content (AvgIpc) is 2.36. The minimum atomic E-state index is 0.468. The zero-order valence-corrected chi connectivity index (χ0v) is 12.2. The number of hydrogen-bond acceptors (Lipinski definition) is 5. The van der Waals surface area contributed by atoms with Gasteiger partial charge in [0, 0.05) is 26.7 Å². The summed E-state index contributed by atoms with van der Waals surface area (Å²) in [6, 6.07) is 0. The summed E-state index contributed by atoms with van der Waals surface area (Å²) in [7, 11) is 3.77. The van der Waals surface area contributed by atoms with Crippen molar-refractivity contribution in [3.63, 3.8) is 0 Å². The minimum absolute atomic E-state index is 0.468. The molecule has 0 amide bonds. The van der Waals surface area contributed by atoms with E-state index in [9.17, 15) is 0 Å². The highest BCUT2D eigenvalue weighted by Crippen LogP contribution is 2.20. The van der Waals surface area contributed by atoms with Gasteiger partial charge >= 0.3 is 0 Å². The monoisotopic (exact) mass is 272 g/mol. The highest BCUT2D eigenvalue weighted by Gasteiger charge is 2.07. The number of halogens is 1. The molecule has 0 fully saturated rings. The lowest BCUT2D eigenvalue weighted by Crippen LogP contribution is -2.28. The van der Waals surface area contributed by atoms with Crippen LogP contribution in [0.1, 0.15) is 11.1 Å². The van der Waals surface area contributed by atoms with Crippen LogP contribution in [0.4, 0.5) is 5.82 Å². The Morgan fingerprint density at radius 3 is 2.61 bits per heavy atom. The molecule has 1 N–H and O–H groups in total. The first-order valence-electron chi connectivity index (χ1n) is 5.97. The van der Waals surface area contributed by atoms with Crippen molar-refractivity contribution in [2.45, 2.75) is 13.8 Å². The lowest BCUT2D eigenvalue weighted by molar-refractivity contribution is 0.163. The largest absolute Gasteiger partial charge is 0.383 e. The molecular formula is C12H21ClN4O. The van der Waals surface area contributed by atoms with E-state index in [1.807, 2.05) is 13.8 Å². The van der Waals surface area contributed by atoms with E-state index >= 15 is 0 Å². The Labute approximate surface area is 113 Å². The number of ether oxygens (including phenoxy) is 1. The van der Waals surface area contributed by atoms with Gasteiger partial charge in [-0.2, -0.15) is 0 Å². The van der Waals surface area contributed by atoms with Crippen LogP contribution >= 0.6 is 11.6 Å². The second kappa shape index (κ2) is 7.51. The topological polar surface area (TPSA) is 50.3 Å². The van der Waals surface area contributed by atoms with Gasteiger partial charge < -0.3 is 15.0 Å². The predicted molar refractivity (Wildman–Crippen MR) is 74.4 cm³/mol. The van der Waals surface area contributed by atoms with E-state index in [0.29, 0.717) is 5.15 Å². The van der Waals surface area contributed by atoms with Crippen molar-refractivity contribution in [1.82, 2.24) is 15.1 Å². The Morgan fingerprint density at radius 2 is 1.94 bits per heavy atom. The SMILES string of the molecule is COCCN(C)CCNc1nnc(Cl)c(C)c1C. The van der Waals surface area contributed by atoms with Gasteiger partial charge in [0.25, 0.3) is 0 Å². The molecule has 0 bridgehead atoms. The van der Waals surface area contributed by atoms with Crippen molar-refractivity contribution in [2.24, 2.45) is 0 Å². The van der Waals surface area contributed by atoms with Gasteiger partial charge in [0.2, 0.25) is 0 Å². The van der Waals surface area contributed by atoms with Crippen LogP contribution in [-0.4, -0.2) is 55.5 Å². The van der Waals surface area contributed by atoms with Crippen LogP contribution in [0.2, 0.25) is 5.15 Å². The van der Waals surface area contributed by atoms with Crippen molar-refractivity contribution in [3.8, 4) is 0 Å². The van der Waals surface area contributed by atoms with E-state index in [1.54, 1.807) is 7.11 Å². The predicted octanol–water partition coefficient (Wildman–Crippen LogP) is 1.74. The fraction of sp³-hybridized carbons (Fsp3) is 0.667. The van der Waals surface area contributed by atoms with Gasteiger partial charge in [0.05, 0.1) is 6.61 Å². The molecule has 0 saturated heterocycles. The molecule has 5 nitrogen and oxygen atoms in total. The Kier molecular flexibility index (Phi) is 6.32. The summed E-state index contributed by atoms with van der Waals surface area (Å²) in [5.41, 5.74) is 2.02. The van der Waals surface area contributed by atoms with Gasteiger partial charge in [-0.15, -0.1) is 10.2 Å². The number of rotatable bonds is 7. The molecule has 1 rings (SSSR count). The van der Waals surface area contributed by atoms with Gasteiger partial charge in [-0.25, -0.2) is 0 Å². The third-order valence-electron chi connectivity index (χ3n) is 2.93. The van der Waals surface area contributed by atoms with Gasteiger partial charge in [0.1, 0.15) is 0 Å². The van der Waals surface area contributed by atoms with Gasteiger partial charge in [-0.3, -0.25) is 0 Å². The Balaban J connectivity index is 2.42. The smallest absolute Gasteiger partial charge is 0.155 e. The van der Waals surface area contributed by atoms with Crippen LogP contribution in [0, 0.1) is 13.8 Å². The van der Waals surface area contributed by atoms with E-state index in [-0.39, 0.29) is 0 Å². The Bertz CT molecular complexity index is 387. The second-order valence-corrected chi connectivity index (χ2v) is 4.67. The zero-order valence-electron chi connectivity index (χ0n) is 11.5. The first kappa shape index (κ1) is 15.1. The standard InChI is InChI=1S/C12H21ClN4O/c1-9-10(2)12(16-15-11(9)13)14-5-6-17(3)7-8-18-4/h5-8H2,1-4H3,(H,14,16). The first-order valence-corrected chi connectivity index (χ1v) is 6.34. The second-order valence-electron chi connectivity index (χ2n) is 4.31. The number of nitrogens with one attached hydrogen (secondary N) is 1. The van der Waals surface area contributed by atoms with E-state index in [4.69, 9.17) is 16.3 Å².